The molecule has 0 radical (unpaired) electrons. The van der Waals surface area contributed by atoms with E-state index in [1.165, 1.54) is 0 Å². The normalized spacial score (nSPS) is 24.0. The highest BCUT2D eigenvalue weighted by molar-refractivity contribution is 5.68. The zero-order valence-corrected chi connectivity index (χ0v) is 16.5. The number of ether oxygens (including phenoxy) is 1. The molecular formula is C21H34N2O2. The lowest BCUT2D eigenvalue weighted by Gasteiger charge is -2.43. The number of nitrogens with zero attached hydrogens (tertiary/aromatic N) is 1. The molecule has 0 bridgehead atoms. The van der Waals surface area contributed by atoms with Gasteiger partial charge in [-0.25, -0.2) is 4.79 Å². The van der Waals surface area contributed by atoms with Crippen LogP contribution in [0.1, 0.15) is 65.9 Å². The minimum atomic E-state index is -0.480. The van der Waals surface area contributed by atoms with Gasteiger partial charge in [0.05, 0.1) is 0 Å². The van der Waals surface area contributed by atoms with Gasteiger partial charge in [0.25, 0.3) is 0 Å². The topological polar surface area (TPSA) is 41.6 Å². The van der Waals surface area contributed by atoms with Gasteiger partial charge in [0, 0.05) is 18.1 Å². The molecule has 0 unspecified atom stereocenters. The van der Waals surface area contributed by atoms with Crippen molar-refractivity contribution in [2.75, 3.05) is 6.54 Å². The Balaban J connectivity index is 2.19. The Morgan fingerprint density at radius 2 is 2.00 bits per heavy atom. The fourth-order valence-corrected chi connectivity index (χ4v) is 3.75. The lowest BCUT2D eigenvalue weighted by atomic mass is 9.79. The van der Waals surface area contributed by atoms with Gasteiger partial charge in [0.1, 0.15) is 5.60 Å². The predicted octanol–water partition coefficient (Wildman–Crippen LogP) is 4.73. The van der Waals surface area contributed by atoms with Crippen molar-refractivity contribution in [3.05, 3.63) is 35.9 Å². The number of hydrogen-bond acceptors (Lipinski definition) is 3. The van der Waals surface area contributed by atoms with Gasteiger partial charge in [-0.15, -0.1) is 0 Å². The molecule has 140 valence electrons. The van der Waals surface area contributed by atoms with Gasteiger partial charge in [-0.05, 0) is 65.5 Å². The first-order valence-corrected chi connectivity index (χ1v) is 9.51. The van der Waals surface area contributed by atoms with Crippen molar-refractivity contribution >= 4 is 6.09 Å². The Hall–Kier alpha value is -1.55. The second-order valence-corrected chi connectivity index (χ2v) is 8.44. The van der Waals surface area contributed by atoms with Crippen molar-refractivity contribution < 1.29 is 9.53 Å². The highest BCUT2D eigenvalue weighted by Gasteiger charge is 2.37. The molecule has 0 heterocycles. The van der Waals surface area contributed by atoms with E-state index in [2.05, 4.69) is 31.3 Å². The highest BCUT2D eigenvalue weighted by Crippen LogP contribution is 2.32. The zero-order chi connectivity index (χ0) is 18.5. The quantitative estimate of drug-likeness (QED) is 0.837. The summed E-state index contributed by atoms with van der Waals surface area (Å²) in [5, 5.41) is 3.62. The maximum absolute atomic E-state index is 12.9. The molecule has 0 aliphatic heterocycles. The van der Waals surface area contributed by atoms with E-state index in [-0.39, 0.29) is 17.7 Å². The van der Waals surface area contributed by atoms with Gasteiger partial charge in [-0.3, -0.25) is 0 Å². The minimum Gasteiger partial charge on any atom is -0.444 e. The van der Waals surface area contributed by atoms with Crippen molar-refractivity contribution in [3.63, 3.8) is 0 Å². The number of carbonyl (C=O) groups excluding carboxylic acids is 1. The first-order chi connectivity index (χ1) is 11.7. The molecule has 1 aromatic carbocycles. The molecule has 2 atom stereocenters. The minimum absolute atomic E-state index is 0.0919. The second kappa shape index (κ2) is 8.22. The summed E-state index contributed by atoms with van der Waals surface area (Å²) in [4.78, 5) is 14.9. The van der Waals surface area contributed by atoms with Crippen molar-refractivity contribution in [1.29, 1.82) is 0 Å². The van der Waals surface area contributed by atoms with Crippen LogP contribution in [0.3, 0.4) is 0 Å². The summed E-state index contributed by atoms with van der Waals surface area (Å²) in [5.74, 6) is 0. The van der Waals surface area contributed by atoms with Crippen LogP contribution >= 0.6 is 0 Å². The number of amides is 1. The molecule has 1 N–H and O–H groups in total. The zero-order valence-electron chi connectivity index (χ0n) is 16.5. The van der Waals surface area contributed by atoms with Gasteiger partial charge in [-0.2, -0.15) is 0 Å². The summed E-state index contributed by atoms with van der Waals surface area (Å²) in [6.07, 6.45) is 4.08. The third kappa shape index (κ3) is 6.03. The molecule has 0 saturated heterocycles. The van der Waals surface area contributed by atoms with Gasteiger partial charge < -0.3 is 15.0 Å². The van der Waals surface area contributed by atoms with E-state index in [0.717, 1.165) is 37.8 Å². The summed E-state index contributed by atoms with van der Waals surface area (Å²) >= 11 is 0. The highest BCUT2D eigenvalue weighted by atomic mass is 16.6. The predicted molar refractivity (Wildman–Crippen MR) is 103 cm³/mol. The maximum Gasteiger partial charge on any atom is 0.410 e. The number of nitrogens with one attached hydrogen (secondary N) is 1. The average Bonchev–Trinajstić information content (AvgIpc) is 2.52. The number of carbonyl (C=O) groups is 1. The molecule has 1 saturated carbocycles. The molecule has 1 fully saturated rings. The lowest BCUT2D eigenvalue weighted by molar-refractivity contribution is 0.00471. The standard InChI is InChI=1S/C21H34N2O2/c1-6-22-21(5)14-10-13-18(15-21)23(19(24)25-20(2,3)4)16-17-11-8-7-9-12-17/h7-9,11-12,18,22H,6,10,13-16H2,1-5H3/t18-,21+/m1/s1. The first kappa shape index (κ1) is 19.8. The van der Waals surface area contributed by atoms with Crippen molar-refractivity contribution in [3.8, 4) is 0 Å². The fraction of sp³-hybridized carbons (Fsp3) is 0.667. The van der Waals surface area contributed by atoms with E-state index in [4.69, 9.17) is 4.74 Å². The Bertz CT molecular complexity index is 549. The van der Waals surface area contributed by atoms with E-state index < -0.39 is 5.60 Å². The molecule has 1 aliphatic carbocycles. The van der Waals surface area contributed by atoms with Gasteiger partial charge >= 0.3 is 6.09 Å². The van der Waals surface area contributed by atoms with Crippen LogP contribution < -0.4 is 5.32 Å². The largest absolute Gasteiger partial charge is 0.444 e. The average molecular weight is 347 g/mol. The van der Waals surface area contributed by atoms with E-state index in [0.29, 0.717) is 6.54 Å². The lowest BCUT2D eigenvalue weighted by Crippen LogP contribution is -2.53. The van der Waals surface area contributed by atoms with Gasteiger partial charge in [0.15, 0.2) is 0 Å². The Kier molecular flexibility index (Phi) is 6.50. The SMILES string of the molecule is CCN[C@@]1(C)CCC[C@@H](N(Cc2ccccc2)C(=O)OC(C)(C)C)C1. The molecule has 0 spiro atoms. The van der Waals surface area contributed by atoms with Crippen molar-refractivity contribution in [1.82, 2.24) is 10.2 Å². The molecule has 2 rings (SSSR count). The van der Waals surface area contributed by atoms with Gasteiger partial charge in [-0.1, -0.05) is 37.3 Å². The summed E-state index contributed by atoms with van der Waals surface area (Å²) in [6.45, 7) is 11.7. The van der Waals surface area contributed by atoms with Crippen LogP contribution in [0.5, 0.6) is 0 Å². The maximum atomic E-state index is 12.9. The van der Waals surface area contributed by atoms with Gasteiger partial charge in [0.2, 0.25) is 0 Å². The van der Waals surface area contributed by atoms with Crippen LogP contribution in [0.2, 0.25) is 0 Å². The Labute approximate surface area is 152 Å². The molecule has 0 aromatic heterocycles. The summed E-state index contributed by atoms with van der Waals surface area (Å²) in [7, 11) is 0. The summed E-state index contributed by atoms with van der Waals surface area (Å²) in [6, 6.07) is 10.4. The fourth-order valence-electron chi connectivity index (χ4n) is 3.75. The molecule has 1 aromatic rings. The molecule has 1 amide bonds. The van der Waals surface area contributed by atoms with E-state index >= 15 is 0 Å². The smallest absolute Gasteiger partial charge is 0.410 e. The summed E-state index contributed by atoms with van der Waals surface area (Å²) in [5.41, 5.74) is 0.754. The summed E-state index contributed by atoms with van der Waals surface area (Å²) < 4.78 is 5.72. The number of benzene rings is 1. The van der Waals surface area contributed by atoms with Crippen LogP contribution in [0.15, 0.2) is 30.3 Å². The van der Waals surface area contributed by atoms with E-state index in [1.807, 2.05) is 43.9 Å². The Morgan fingerprint density at radius 3 is 2.60 bits per heavy atom. The number of hydrogen-bond donors (Lipinski definition) is 1. The van der Waals surface area contributed by atoms with Crippen LogP contribution in [-0.4, -0.2) is 34.7 Å². The molecule has 4 nitrogen and oxygen atoms in total. The second-order valence-electron chi connectivity index (χ2n) is 8.44. The molecule has 1 aliphatic rings. The van der Waals surface area contributed by atoms with Crippen molar-refractivity contribution in [2.45, 2.75) is 84.0 Å². The molecule has 4 heteroatoms. The third-order valence-electron chi connectivity index (χ3n) is 4.82. The molecular weight excluding hydrogens is 312 g/mol. The third-order valence-corrected chi connectivity index (χ3v) is 4.82. The van der Waals surface area contributed by atoms with Crippen LogP contribution in [0, 0.1) is 0 Å². The van der Waals surface area contributed by atoms with Crippen LogP contribution in [0.25, 0.3) is 0 Å². The van der Waals surface area contributed by atoms with Crippen LogP contribution in [0.4, 0.5) is 4.79 Å². The van der Waals surface area contributed by atoms with Crippen molar-refractivity contribution in [2.24, 2.45) is 0 Å². The van der Waals surface area contributed by atoms with E-state index in [9.17, 15) is 4.79 Å². The first-order valence-electron chi connectivity index (χ1n) is 9.51. The molecule has 25 heavy (non-hydrogen) atoms. The Morgan fingerprint density at radius 1 is 1.32 bits per heavy atom. The monoisotopic (exact) mass is 346 g/mol. The van der Waals surface area contributed by atoms with E-state index in [1.54, 1.807) is 0 Å². The van der Waals surface area contributed by atoms with Crippen LogP contribution in [-0.2, 0) is 11.3 Å². The number of rotatable bonds is 5.